The van der Waals surface area contributed by atoms with Crippen LogP contribution in [0.1, 0.15) is 37.1 Å². The van der Waals surface area contributed by atoms with Crippen LogP contribution in [0.4, 0.5) is 17.6 Å². The van der Waals surface area contributed by atoms with E-state index in [1.165, 1.54) is 22.3 Å². The molecule has 2 aromatic rings. The lowest BCUT2D eigenvalue weighted by atomic mass is 10.0. The van der Waals surface area contributed by atoms with Crippen LogP contribution in [0.25, 0.3) is 17.2 Å². The fourth-order valence-corrected chi connectivity index (χ4v) is 5.61. The topological polar surface area (TPSA) is 79.0 Å². The summed E-state index contributed by atoms with van der Waals surface area (Å²) < 4.78 is 58.4. The number of thioether (sulfide) groups is 1. The SMILES string of the molecule is CN(C)C(C)(C)COC(=O)CCNC(=O)CCN1C(=O)/C(=C/c2cc(-c3ccc(F)c(C(F)(F)F)c3)cs2)SC1=S. The summed E-state index contributed by atoms with van der Waals surface area (Å²) >= 11 is 7.56. The molecule has 3 rings (SSSR count). The number of likely N-dealkylation sites (N-methyl/N-ethyl adjacent to an activating group) is 1. The first-order chi connectivity index (χ1) is 19.1. The first kappa shape index (κ1) is 32.7. The van der Waals surface area contributed by atoms with Gasteiger partial charge in [0.05, 0.1) is 16.9 Å². The fourth-order valence-electron chi connectivity index (χ4n) is 3.39. The summed E-state index contributed by atoms with van der Waals surface area (Å²) in [5.74, 6) is -2.53. The number of hydrogen-bond donors (Lipinski definition) is 1. The van der Waals surface area contributed by atoms with Gasteiger partial charge in [-0.2, -0.15) is 13.2 Å². The third kappa shape index (κ3) is 8.84. The lowest BCUT2D eigenvalue weighted by Gasteiger charge is -2.31. The molecular formula is C27H29F4N3O4S3. The first-order valence-electron chi connectivity index (χ1n) is 12.4. The molecule has 1 aromatic carbocycles. The summed E-state index contributed by atoms with van der Waals surface area (Å²) in [6, 6.07) is 4.39. The number of nitrogens with zero attached hydrogens (tertiary/aromatic N) is 2. The van der Waals surface area contributed by atoms with Crippen LogP contribution in [0.3, 0.4) is 0 Å². The van der Waals surface area contributed by atoms with E-state index in [1.807, 2.05) is 32.8 Å². The van der Waals surface area contributed by atoms with Gasteiger partial charge in [-0.3, -0.25) is 19.3 Å². The molecule has 0 aliphatic carbocycles. The van der Waals surface area contributed by atoms with E-state index < -0.39 is 29.4 Å². The second-order valence-corrected chi connectivity index (χ2v) is 12.6. The third-order valence-electron chi connectivity index (χ3n) is 6.38. The molecule has 2 amide bonds. The number of esters is 1. The first-order valence-corrected chi connectivity index (χ1v) is 14.5. The highest BCUT2D eigenvalue weighted by Gasteiger charge is 2.35. The molecule has 7 nitrogen and oxygen atoms in total. The van der Waals surface area contributed by atoms with Crippen molar-refractivity contribution in [3.8, 4) is 11.1 Å². The van der Waals surface area contributed by atoms with Gasteiger partial charge >= 0.3 is 12.1 Å². The number of thiophene rings is 1. The maximum atomic E-state index is 13.6. The van der Waals surface area contributed by atoms with Gasteiger partial charge in [-0.15, -0.1) is 11.3 Å². The van der Waals surface area contributed by atoms with Crippen LogP contribution in [0, 0.1) is 5.82 Å². The van der Waals surface area contributed by atoms with Crippen LogP contribution in [0.2, 0.25) is 0 Å². The molecule has 14 heteroatoms. The van der Waals surface area contributed by atoms with Crippen molar-refractivity contribution in [2.45, 2.75) is 38.4 Å². The lowest BCUT2D eigenvalue weighted by molar-refractivity contribution is -0.147. The number of rotatable bonds is 11. The molecule has 0 unspecified atom stereocenters. The predicted molar refractivity (Wildman–Crippen MR) is 156 cm³/mol. The smallest absolute Gasteiger partial charge is 0.419 e. The van der Waals surface area contributed by atoms with Crippen molar-refractivity contribution in [3.63, 3.8) is 0 Å². The van der Waals surface area contributed by atoms with E-state index in [0.29, 0.717) is 15.3 Å². The number of hydrogen-bond acceptors (Lipinski definition) is 8. The number of carbonyl (C=O) groups excluding carboxylic acids is 3. The van der Waals surface area contributed by atoms with E-state index >= 15 is 0 Å². The Bertz CT molecular complexity index is 1360. The Morgan fingerprint density at radius 2 is 1.85 bits per heavy atom. The van der Waals surface area contributed by atoms with Crippen molar-refractivity contribution < 1.29 is 36.7 Å². The lowest BCUT2D eigenvalue weighted by Crippen LogP contribution is -2.43. The van der Waals surface area contributed by atoms with Crippen molar-refractivity contribution in [3.05, 3.63) is 50.8 Å². The molecular weight excluding hydrogens is 603 g/mol. The Kier molecular flexibility index (Phi) is 10.7. The molecule has 0 spiro atoms. The van der Waals surface area contributed by atoms with Gasteiger partial charge < -0.3 is 15.0 Å². The quantitative estimate of drug-likeness (QED) is 0.151. The van der Waals surface area contributed by atoms with Crippen LogP contribution in [-0.2, 0) is 25.3 Å². The summed E-state index contributed by atoms with van der Waals surface area (Å²) in [4.78, 5) is 41.2. The van der Waals surface area contributed by atoms with E-state index in [1.54, 1.807) is 17.5 Å². The standard InChI is InChI=1S/C27H29F4N3O4S3/c1-26(2,33(3)4)15-38-23(36)7-9-32-22(35)8-10-34-24(37)21(41-25(34)39)13-18-11-17(14-40-18)16-5-6-20(28)19(12-16)27(29,30)31/h5-6,11-14H,7-10,15H2,1-4H3,(H,32,35)/b21-13-. The number of ether oxygens (including phenoxy) is 1. The molecule has 0 radical (unpaired) electrons. The Labute approximate surface area is 248 Å². The average molecular weight is 632 g/mol. The number of amides is 2. The largest absolute Gasteiger partial charge is 0.464 e. The number of alkyl halides is 3. The molecule has 1 N–H and O–H groups in total. The predicted octanol–water partition coefficient (Wildman–Crippen LogP) is 5.55. The molecule has 1 fully saturated rings. The molecule has 41 heavy (non-hydrogen) atoms. The van der Waals surface area contributed by atoms with Crippen LogP contribution in [-0.4, -0.2) is 71.2 Å². The van der Waals surface area contributed by atoms with Gasteiger partial charge in [-0.25, -0.2) is 4.39 Å². The minimum absolute atomic E-state index is 0.0112. The number of thiocarbonyl (C=S) groups is 1. The normalized spacial score (nSPS) is 15.2. The average Bonchev–Trinajstić information content (AvgIpc) is 3.45. The highest BCUT2D eigenvalue weighted by Crippen LogP contribution is 2.37. The minimum Gasteiger partial charge on any atom is -0.464 e. The summed E-state index contributed by atoms with van der Waals surface area (Å²) in [5, 5.41) is 4.24. The van der Waals surface area contributed by atoms with Gasteiger partial charge in [-0.1, -0.05) is 30.0 Å². The number of halogens is 4. The minimum atomic E-state index is -4.82. The number of nitrogens with one attached hydrogen (secondary N) is 1. The Morgan fingerprint density at radius 1 is 1.15 bits per heavy atom. The van der Waals surface area contributed by atoms with E-state index in [-0.39, 0.29) is 53.9 Å². The van der Waals surface area contributed by atoms with E-state index in [9.17, 15) is 31.9 Å². The fraction of sp³-hybridized carbons (Fsp3) is 0.407. The van der Waals surface area contributed by atoms with Gasteiger partial charge in [0.15, 0.2) is 0 Å². The number of carbonyl (C=O) groups is 3. The van der Waals surface area contributed by atoms with Crippen molar-refractivity contribution in [2.24, 2.45) is 0 Å². The Morgan fingerprint density at radius 3 is 2.51 bits per heavy atom. The molecule has 1 saturated heterocycles. The second kappa shape index (κ2) is 13.4. The highest BCUT2D eigenvalue weighted by atomic mass is 32.2. The maximum Gasteiger partial charge on any atom is 0.419 e. The van der Waals surface area contributed by atoms with Gasteiger partial charge in [0.2, 0.25) is 5.91 Å². The summed E-state index contributed by atoms with van der Waals surface area (Å²) in [6.45, 7) is 4.23. The van der Waals surface area contributed by atoms with Crippen LogP contribution < -0.4 is 5.32 Å². The van der Waals surface area contributed by atoms with Gasteiger partial charge in [0.1, 0.15) is 16.7 Å². The van der Waals surface area contributed by atoms with Crippen molar-refractivity contribution in [2.75, 3.05) is 33.8 Å². The monoisotopic (exact) mass is 631 g/mol. The summed E-state index contributed by atoms with van der Waals surface area (Å²) in [7, 11) is 3.77. The van der Waals surface area contributed by atoms with E-state index in [2.05, 4.69) is 5.32 Å². The molecule has 1 aliphatic rings. The summed E-state index contributed by atoms with van der Waals surface area (Å²) in [5.41, 5.74) is -1.03. The maximum absolute atomic E-state index is 13.6. The van der Waals surface area contributed by atoms with Crippen LogP contribution in [0.5, 0.6) is 0 Å². The zero-order valence-electron chi connectivity index (χ0n) is 22.8. The molecule has 0 atom stereocenters. The van der Waals surface area contributed by atoms with Gasteiger partial charge in [0, 0.05) is 29.9 Å². The van der Waals surface area contributed by atoms with Crippen LogP contribution in [0.15, 0.2) is 34.6 Å². The highest BCUT2D eigenvalue weighted by molar-refractivity contribution is 8.26. The van der Waals surface area contributed by atoms with Crippen molar-refractivity contribution in [1.29, 1.82) is 0 Å². The second-order valence-electron chi connectivity index (χ2n) is 9.98. The molecule has 2 heterocycles. The van der Waals surface area contributed by atoms with Crippen LogP contribution >= 0.6 is 35.3 Å². The molecule has 1 aliphatic heterocycles. The Hall–Kier alpha value is -2.81. The zero-order valence-corrected chi connectivity index (χ0v) is 25.2. The molecule has 222 valence electrons. The Balaban J connectivity index is 1.52. The van der Waals surface area contributed by atoms with E-state index in [4.69, 9.17) is 17.0 Å². The van der Waals surface area contributed by atoms with Gasteiger partial charge in [-0.05, 0) is 68.7 Å². The number of benzene rings is 1. The van der Waals surface area contributed by atoms with Gasteiger partial charge in [0.25, 0.3) is 5.91 Å². The van der Waals surface area contributed by atoms with E-state index in [0.717, 1.165) is 23.9 Å². The molecule has 0 bridgehead atoms. The molecule has 0 saturated carbocycles. The molecule has 1 aromatic heterocycles. The summed E-state index contributed by atoms with van der Waals surface area (Å²) in [6.07, 6.45) is -3.27. The third-order valence-corrected chi connectivity index (χ3v) is 8.64. The van der Waals surface area contributed by atoms with Crippen molar-refractivity contribution in [1.82, 2.24) is 15.1 Å². The van der Waals surface area contributed by atoms with Crippen molar-refractivity contribution >= 4 is 63.5 Å². The zero-order chi connectivity index (χ0) is 30.5.